The molecule has 0 aromatic heterocycles. The van der Waals surface area contributed by atoms with Gasteiger partial charge in [-0.15, -0.1) is 0 Å². The molecule has 0 saturated carbocycles. The van der Waals surface area contributed by atoms with Crippen LogP contribution in [0.15, 0.2) is 0 Å². The van der Waals surface area contributed by atoms with Gasteiger partial charge in [-0.1, -0.05) is 0 Å². The van der Waals surface area contributed by atoms with Gasteiger partial charge in [0.25, 0.3) is 0 Å². The van der Waals surface area contributed by atoms with Crippen molar-refractivity contribution in [2.45, 2.75) is 12.8 Å². The molecular formula is C10H20N2O. The molecule has 3 heteroatoms. The molecule has 0 amide bonds. The van der Waals surface area contributed by atoms with Crippen molar-refractivity contribution in [1.82, 2.24) is 10.2 Å². The maximum Gasteiger partial charge on any atom is 0.0558 e. The normalized spacial score (nSPS) is 31.6. The number of aliphatic hydroxyl groups excluding tert-OH is 1. The highest BCUT2D eigenvalue weighted by Crippen LogP contribution is 2.26. The fourth-order valence-corrected chi connectivity index (χ4v) is 2.46. The van der Waals surface area contributed by atoms with Crippen LogP contribution < -0.4 is 5.32 Å². The summed E-state index contributed by atoms with van der Waals surface area (Å²) in [6.07, 6.45) is 2.72. The van der Waals surface area contributed by atoms with Crippen LogP contribution in [0.3, 0.4) is 0 Å². The van der Waals surface area contributed by atoms with E-state index < -0.39 is 0 Å². The Morgan fingerprint density at radius 2 is 2.15 bits per heavy atom. The van der Waals surface area contributed by atoms with Crippen molar-refractivity contribution in [1.29, 1.82) is 0 Å². The minimum Gasteiger partial charge on any atom is -0.395 e. The Kier molecular flexibility index (Phi) is 3.19. The minimum atomic E-state index is 0.315. The lowest BCUT2D eigenvalue weighted by molar-refractivity contribution is 0.0929. The smallest absolute Gasteiger partial charge is 0.0558 e. The van der Waals surface area contributed by atoms with E-state index in [1.54, 1.807) is 0 Å². The van der Waals surface area contributed by atoms with Crippen LogP contribution in [0, 0.1) is 11.8 Å². The third-order valence-corrected chi connectivity index (χ3v) is 3.44. The maximum absolute atomic E-state index is 8.86. The van der Waals surface area contributed by atoms with E-state index in [0.29, 0.717) is 6.61 Å². The Morgan fingerprint density at radius 3 is 2.77 bits per heavy atom. The first-order valence-electron chi connectivity index (χ1n) is 5.44. The van der Waals surface area contributed by atoms with Crippen LogP contribution in [0.25, 0.3) is 0 Å². The number of piperidine rings is 1. The number of β-amino-alcohol motifs (C(OH)–C–C–N with tert-alkyl or cyclic N) is 1. The molecule has 76 valence electrons. The van der Waals surface area contributed by atoms with E-state index in [2.05, 4.69) is 10.2 Å². The largest absolute Gasteiger partial charge is 0.395 e. The van der Waals surface area contributed by atoms with Gasteiger partial charge in [-0.3, -0.25) is 0 Å². The second kappa shape index (κ2) is 4.40. The number of nitrogens with one attached hydrogen (secondary N) is 1. The van der Waals surface area contributed by atoms with Gasteiger partial charge < -0.3 is 15.3 Å². The Morgan fingerprint density at radius 1 is 1.31 bits per heavy atom. The van der Waals surface area contributed by atoms with Crippen LogP contribution in [0.2, 0.25) is 0 Å². The summed E-state index contributed by atoms with van der Waals surface area (Å²) in [4.78, 5) is 2.41. The molecular weight excluding hydrogens is 164 g/mol. The highest BCUT2D eigenvalue weighted by Gasteiger charge is 2.30. The molecule has 0 radical (unpaired) electrons. The molecule has 0 aromatic carbocycles. The summed E-state index contributed by atoms with van der Waals surface area (Å²) in [6, 6.07) is 0. The van der Waals surface area contributed by atoms with E-state index in [1.807, 2.05) is 0 Å². The predicted molar refractivity (Wildman–Crippen MR) is 52.6 cm³/mol. The number of hydrogen-bond donors (Lipinski definition) is 2. The van der Waals surface area contributed by atoms with Crippen LogP contribution in [0.4, 0.5) is 0 Å². The Hall–Kier alpha value is -0.120. The van der Waals surface area contributed by atoms with E-state index in [4.69, 9.17) is 5.11 Å². The zero-order chi connectivity index (χ0) is 9.10. The van der Waals surface area contributed by atoms with Gasteiger partial charge in [-0.25, -0.2) is 0 Å². The molecule has 2 fully saturated rings. The molecule has 2 heterocycles. The minimum absolute atomic E-state index is 0.315. The molecule has 2 rings (SSSR count). The van der Waals surface area contributed by atoms with Crippen molar-refractivity contribution in [2.75, 3.05) is 39.3 Å². The standard InChI is InChI=1S/C10H20N2O/c13-5-4-12-3-1-2-9(8-12)10-6-11-7-10/h9-11,13H,1-8H2/t9-/m1/s1. The molecule has 2 aliphatic heterocycles. The van der Waals surface area contributed by atoms with Crippen LogP contribution in [0.5, 0.6) is 0 Å². The highest BCUT2D eigenvalue weighted by atomic mass is 16.3. The van der Waals surface area contributed by atoms with Crippen molar-refractivity contribution in [3.05, 3.63) is 0 Å². The van der Waals surface area contributed by atoms with Crippen molar-refractivity contribution >= 4 is 0 Å². The van der Waals surface area contributed by atoms with Crippen molar-refractivity contribution in [3.8, 4) is 0 Å². The van der Waals surface area contributed by atoms with Crippen LogP contribution in [0.1, 0.15) is 12.8 Å². The molecule has 2 saturated heterocycles. The first kappa shape index (κ1) is 9.44. The summed E-state index contributed by atoms with van der Waals surface area (Å²) in [5.74, 6) is 1.81. The fraction of sp³-hybridized carbons (Fsp3) is 1.00. The maximum atomic E-state index is 8.86. The number of rotatable bonds is 3. The Bertz CT molecular complexity index is 157. The van der Waals surface area contributed by atoms with E-state index in [0.717, 1.165) is 18.4 Å². The van der Waals surface area contributed by atoms with E-state index in [-0.39, 0.29) is 0 Å². The quantitative estimate of drug-likeness (QED) is 0.643. The monoisotopic (exact) mass is 184 g/mol. The molecule has 3 nitrogen and oxygen atoms in total. The van der Waals surface area contributed by atoms with Crippen molar-refractivity contribution in [3.63, 3.8) is 0 Å². The SMILES string of the molecule is OCCN1CCC[C@@H](C2CNC2)C1. The molecule has 0 aromatic rings. The number of hydrogen-bond acceptors (Lipinski definition) is 3. The Labute approximate surface area is 80.1 Å². The first-order chi connectivity index (χ1) is 6.40. The average molecular weight is 184 g/mol. The summed E-state index contributed by atoms with van der Waals surface area (Å²) in [5.41, 5.74) is 0. The van der Waals surface area contributed by atoms with Gasteiger partial charge >= 0.3 is 0 Å². The molecule has 1 atom stereocenters. The van der Waals surface area contributed by atoms with Crippen LogP contribution in [-0.4, -0.2) is 49.3 Å². The zero-order valence-electron chi connectivity index (χ0n) is 8.21. The molecule has 2 N–H and O–H groups in total. The zero-order valence-corrected chi connectivity index (χ0v) is 8.21. The summed E-state index contributed by atoms with van der Waals surface area (Å²) < 4.78 is 0. The van der Waals surface area contributed by atoms with Gasteiger partial charge in [-0.05, 0) is 44.3 Å². The summed E-state index contributed by atoms with van der Waals surface area (Å²) >= 11 is 0. The second-order valence-electron chi connectivity index (χ2n) is 4.34. The summed E-state index contributed by atoms with van der Waals surface area (Å²) in [7, 11) is 0. The van der Waals surface area contributed by atoms with Gasteiger partial charge in [0.1, 0.15) is 0 Å². The average Bonchev–Trinajstić information content (AvgIpc) is 2.02. The van der Waals surface area contributed by atoms with E-state index in [9.17, 15) is 0 Å². The number of likely N-dealkylation sites (tertiary alicyclic amines) is 1. The molecule has 0 bridgehead atoms. The molecule has 0 spiro atoms. The van der Waals surface area contributed by atoms with Gasteiger partial charge in [0.05, 0.1) is 6.61 Å². The van der Waals surface area contributed by atoms with Gasteiger partial charge in [-0.2, -0.15) is 0 Å². The van der Waals surface area contributed by atoms with Crippen molar-refractivity contribution < 1.29 is 5.11 Å². The lowest BCUT2D eigenvalue weighted by atomic mass is 9.82. The fourth-order valence-electron chi connectivity index (χ4n) is 2.46. The predicted octanol–water partition coefficient (Wildman–Crippen LogP) is -0.0899. The van der Waals surface area contributed by atoms with Crippen molar-refractivity contribution in [2.24, 2.45) is 11.8 Å². The van der Waals surface area contributed by atoms with Crippen LogP contribution >= 0.6 is 0 Å². The third-order valence-electron chi connectivity index (χ3n) is 3.44. The van der Waals surface area contributed by atoms with Crippen LogP contribution in [-0.2, 0) is 0 Å². The van der Waals surface area contributed by atoms with E-state index in [1.165, 1.54) is 39.0 Å². The Balaban J connectivity index is 1.77. The summed E-state index contributed by atoms with van der Waals surface area (Å²) in [6.45, 7) is 6.03. The van der Waals surface area contributed by atoms with Gasteiger partial charge in [0.2, 0.25) is 0 Å². The second-order valence-corrected chi connectivity index (χ2v) is 4.34. The molecule has 2 aliphatic rings. The lowest BCUT2D eigenvalue weighted by Crippen LogP contribution is -2.51. The third kappa shape index (κ3) is 2.22. The molecule has 0 unspecified atom stereocenters. The topological polar surface area (TPSA) is 35.5 Å². The number of nitrogens with zero attached hydrogens (tertiary/aromatic N) is 1. The number of aliphatic hydroxyl groups is 1. The first-order valence-corrected chi connectivity index (χ1v) is 5.44. The molecule has 0 aliphatic carbocycles. The highest BCUT2D eigenvalue weighted by molar-refractivity contribution is 4.85. The molecule has 13 heavy (non-hydrogen) atoms. The van der Waals surface area contributed by atoms with Gasteiger partial charge in [0.15, 0.2) is 0 Å². The van der Waals surface area contributed by atoms with Gasteiger partial charge in [0, 0.05) is 13.1 Å². The summed E-state index contributed by atoms with van der Waals surface area (Å²) in [5, 5.41) is 12.2. The lowest BCUT2D eigenvalue weighted by Gasteiger charge is -2.41. The van der Waals surface area contributed by atoms with E-state index >= 15 is 0 Å².